The Hall–Kier alpha value is -1.36. The van der Waals surface area contributed by atoms with Crippen molar-refractivity contribution in [2.45, 2.75) is 39.8 Å². The number of nitrogens with one attached hydrogen (secondary N) is 1. The molecule has 102 valence electrons. The van der Waals surface area contributed by atoms with E-state index in [-0.39, 0.29) is 12.1 Å². The van der Waals surface area contributed by atoms with Crippen LogP contribution in [0.2, 0.25) is 0 Å². The molecule has 0 amide bonds. The van der Waals surface area contributed by atoms with Crippen molar-refractivity contribution in [2.24, 2.45) is 5.92 Å². The Kier molecular flexibility index (Phi) is 5.85. The highest BCUT2D eigenvalue weighted by molar-refractivity contribution is 5.29. The molecule has 18 heavy (non-hydrogen) atoms. The summed E-state index contributed by atoms with van der Waals surface area (Å²) < 4.78 is 10.7. The lowest BCUT2D eigenvalue weighted by molar-refractivity contribution is 0.170. The summed E-state index contributed by atoms with van der Waals surface area (Å²) in [6.45, 7) is 8.82. The van der Waals surface area contributed by atoms with Crippen LogP contribution < -0.4 is 10.1 Å². The van der Waals surface area contributed by atoms with E-state index in [1.165, 1.54) is 0 Å². The fourth-order valence-corrected chi connectivity index (χ4v) is 1.46. The quantitative estimate of drug-likeness (QED) is 0.808. The third-order valence-electron chi connectivity index (χ3n) is 2.45. The summed E-state index contributed by atoms with van der Waals surface area (Å²) in [6, 6.07) is 1.94. The lowest BCUT2D eigenvalue weighted by Crippen LogP contribution is -2.31. The molecule has 0 aliphatic heterocycles. The average molecular weight is 253 g/mol. The minimum Gasteiger partial charge on any atom is -0.475 e. The van der Waals surface area contributed by atoms with Gasteiger partial charge in [0.1, 0.15) is 0 Å². The summed E-state index contributed by atoms with van der Waals surface area (Å²) in [6.07, 6.45) is 1.80. The normalized spacial score (nSPS) is 12.8. The van der Waals surface area contributed by atoms with E-state index in [1.807, 2.05) is 13.8 Å². The topological polar surface area (TPSA) is 56.3 Å². The van der Waals surface area contributed by atoms with Crippen LogP contribution >= 0.6 is 0 Å². The van der Waals surface area contributed by atoms with Gasteiger partial charge in [0.05, 0.1) is 18.8 Å². The van der Waals surface area contributed by atoms with Gasteiger partial charge in [-0.15, -0.1) is 0 Å². The van der Waals surface area contributed by atoms with E-state index in [9.17, 15) is 0 Å². The molecule has 1 aromatic rings. The van der Waals surface area contributed by atoms with E-state index in [0.717, 1.165) is 0 Å². The first-order valence-electron chi connectivity index (χ1n) is 6.28. The molecule has 1 aromatic heterocycles. The van der Waals surface area contributed by atoms with Crippen LogP contribution in [0.25, 0.3) is 0 Å². The minimum absolute atomic E-state index is 0.104. The Morgan fingerprint density at radius 1 is 1.28 bits per heavy atom. The molecule has 1 N–H and O–H groups in total. The predicted molar refractivity (Wildman–Crippen MR) is 71.9 cm³/mol. The smallest absolute Gasteiger partial charge is 0.226 e. The maximum absolute atomic E-state index is 5.53. The van der Waals surface area contributed by atoms with E-state index < -0.39 is 0 Å². The second-order valence-corrected chi connectivity index (χ2v) is 4.84. The van der Waals surface area contributed by atoms with Crippen molar-refractivity contribution in [1.82, 2.24) is 9.97 Å². The first-order chi connectivity index (χ1) is 8.52. The Balaban J connectivity index is 2.70. The van der Waals surface area contributed by atoms with Gasteiger partial charge < -0.3 is 14.8 Å². The summed E-state index contributed by atoms with van der Waals surface area (Å²) in [7, 11) is 1.69. The van der Waals surface area contributed by atoms with Crippen molar-refractivity contribution in [3.63, 3.8) is 0 Å². The number of methoxy groups -OCH3 is 1. The van der Waals surface area contributed by atoms with Crippen LogP contribution in [0, 0.1) is 5.92 Å². The molecule has 0 aromatic carbocycles. The van der Waals surface area contributed by atoms with Gasteiger partial charge in [0.25, 0.3) is 0 Å². The van der Waals surface area contributed by atoms with E-state index in [4.69, 9.17) is 9.47 Å². The largest absolute Gasteiger partial charge is 0.475 e. The molecule has 5 nitrogen and oxygen atoms in total. The maximum Gasteiger partial charge on any atom is 0.226 e. The highest BCUT2D eigenvalue weighted by Gasteiger charge is 2.14. The molecular formula is C13H23N3O2. The van der Waals surface area contributed by atoms with Crippen molar-refractivity contribution < 1.29 is 9.47 Å². The van der Waals surface area contributed by atoms with Gasteiger partial charge in [-0.05, 0) is 19.8 Å². The van der Waals surface area contributed by atoms with Crippen molar-refractivity contribution in [3.8, 4) is 5.88 Å². The zero-order chi connectivity index (χ0) is 13.5. The van der Waals surface area contributed by atoms with Gasteiger partial charge in [-0.3, -0.25) is 0 Å². The summed E-state index contributed by atoms with van der Waals surface area (Å²) >= 11 is 0. The summed E-state index contributed by atoms with van der Waals surface area (Å²) in [4.78, 5) is 8.51. The number of ether oxygens (including phenoxy) is 2. The first-order valence-corrected chi connectivity index (χ1v) is 6.28. The van der Waals surface area contributed by atoms with E-state index in [0.29, 0.717) is 24.4 Å². The zero-order valence-corrected chi connectivity index (χ0v) is 11.8. The second-order valence-electron chi connectivity index (χ2n) is 4.84. The average Bonchev–Trinajstić information content (AvgIpc) is 2.28. The first kappa shape index (κ1) is 14.7. The van der Waals surface area contributed by atoms with Crippen LogP contribution in [0.15, 0.2) is 12.3 Å². The SMILES string of the molecule is COCC(Nc1nccc(OC(C)C)n1)C(C)C. The minimum atomic E-state index is 0.104. The van der Waals surface area contributed by atoms with Gasteiger partial charge >= 0.3 is 0 Å². The molecule has 0 bridgehead atoms. The van der Waals surface area contributed by atoms with Gasteiger partial charge in [-0.25, -0.2) is 4.98 Å². The Morgan fingerprint density at radius 2 is 2.00 bits per heavy atom. The standard InChI is InChI=1S/C13H23N3O2/c1-9(2)11(8-17-5)15-13-14-7-6-12(16-13)18-10(3)4/h6-7,9-11H,8H2,1-5H3,(H,14,15,16). The number of rotatable bonds is 7. The zero-order valence-electron chi connectivity index (χ0n) is 11.8. The molecule has 0 saturated carbocycles. The number of anilines is 1. The van der Waals surface area contributed by atoms with Crippen molar-refractivity contribution in [3.05, 3.63) is 12.3 Å². The molecule has 1 unspecified atom stereocenters. The van der Waals surface area contributed by atoms with Crippen LogP contribution in [0.5, 0.6) is 5.88 Å². The van der Waals surface area contributed by atoms with Gasteiger partial charge in [0.15, 0.2) is 0 Å². The Morgan fingerprint density at radius 3 is 2.56 bits per heavy atom. The Bertz CT molecular complexity index is 356. The van der Waals surface area contributed by atoms with Crippen LogP contribution in [0.4, 0.5) is 5.95 Å². The van der Waals surface area contributed by atoms with E-state index in [2.05, 4.69) is 29.1 Å². The molecule has 5 heteroatoms. The summed E-state index contributed by atoms with van der Waals surface area (Å²) in [5, 5.41) is 3.27. The Labute approximate surface area is 109 Å². The van der Waals surface area contributed by atoms with Crippen LogP contribution in [-0.4, -0.2) is 35.8 Å². The predicted octanol–water partition coefficient (Wildman–Crippen LogP) is 2.35. The number of hydrogen-bond acceptors (Lipinski definition) is 5. The molecule has 0 radical (unpaired) electrons. The van der Waals surface area contributed by atoms with Crippen molar-refractivity contribution in [1.29, 1.82) is 0 Å². The van der Waals surface area contributed by atoms with Crippen molar-refractivity contribution >= 4 is 5.95 Å². The number of hydrogen-bond donors (Lipinski definition) is 1. The lowest BCUT2D eigenvalue weighted by atomic mass is 10.1. The third-order valence-corrected chi connectivity index (χ3v) is 2.45. The molecule has 1 rings (SSSR count). The molecule has 0 spiro atoms. The van der Waals surface area contributed by atoms with Gasteiger partial charge in [-0.2, -0.15) is 4.98 Å². The number of aromatic nitrogens is 2. The molecule has 0 aliphatic rings. The van der Waals surface area contributed by atoms with E-state index >= 15 is 0 Å². The molecule has 1 atom stereocenters. The molecule has 0 fully saturated rings. The summed E-state index contributed by atoms with van der Waals surface area (Å²) in [5.74, 6) is 1.59. The van der Waals surface area contributed by atoms with Crippen LogP contribution in [-0.2, 0) is 4.74 Å². The van der Waals surface area contributed by atoms with Crippen LogP contribution in [0.3, 0.4) is 0 Å². The second kappa shape index (κ2) is 7.16. The van der Waals surface area contributed by atoms with Crippen molar-refractivity contribution in [2.75, 3.05) is 19.0 Å². The maximum atomic E-state index is 5.53. The summed E-state index contributed by atoms with van der Waals surface area (Å²) in [5.41, 5.74) is 0. The van der Waals surface area contributed by atoms with Crippen LogP contribution in [0.1, 0.15) is 27.7 Å². The van der Waals surface area contributed by atoms with Gasteiger partial charge in [-0.1, -0.05) is 13.8 Å². The molecular weight excluding hydrogens is 230 g/mol. The third kappa shape index (κ3) is 4.87. The monoisotopic (exact) mass is 253 g/mol. The van der Waals surface area contributed by atoms with Gasteiger partial charge in [0, 0.05) is 19.4 Å². The molecule has 0 saturated heterocycles. The highest BCUT2D eigenvalue weighted by atomic mass is 16.5. The number of nitrogens with zero attached hydrogens (tertiary/aromatic N) is 2. The fraction of sp³-hybridized carbons (Fsp3) is 0.692. The highest BCUT2D eigenvalue weighted by Crippen LogP contribution is 2.13. The lowest BCUT2D eigenvalue weighted by Gasteiger charge is -2.21. The van der Waals surface area contributed by atoms with Gasteiger partial charge in [0.2, 0.25) is 11.8 Å². The molecule has 1 heterocycles. The van der Waals surface area contributed by atoms with E-state index in [1.54, 1.807) is 19.4 Å². The fourth-order valence-electron chi connectivity index (χ4n) is 1.46. The molecule has 0 aliphatic carbocycles.